The molecule has 1 atom stereocenters. The van der Waals surface area contributed by atoms with Gasteiger partial charge in [-0.2, -0.15) is 39.5 Å². The Kier molecular flexibility index (Phi) is 5.63. The summed E-state index contributed by atoms with van der Waals surface area (Å²) >= 11 is 1.07. The molecule has 28 heavy (non-hydrogen) atoms. The number of alkyl halides is 10. The van der Waals surface area contributed by atoms with E-state index in [1.165, 1.54) is 0 Å². The van der Waals surface area contributed by atoms with Crippen LogP contribution in [0.5, 0.6) is 0 Å². The fourth-order valence-corrected chi connectivity index (χ4v) is 3.90. The predicted molar refractivity (Wildman–Crippen MR) is 84.9 cm³/mol. The Labute approximate surface area is 164 Å². The summed E-state index contributed by atoms with van der Waals surface area (Å²) in [4.78, 5) is 0. The first-order valence-electron chi connectivity index (χ1n) is 7.21. The first-order chi connectivity index (χ1) is 12.5. The maximum Gasteiger partial charge on any atom is 0.433 e. The summed E-state index contributed by atoms with van der Waals surface area (Å²) in [6.07, 6.45) is -20.3. The van der Waals surface area contributed by atoms with Gasteiger partial charge >= 0.3 is 24.2 Å². The Morgan fingerprint density at radius 3 is 1.71 bits per heavy atom. The summed E-state index contributed by atoms with van der Waals surface area (Å²) in [5, 5.41) is 0. The minimum atomic E-state index is -6.72. The molecular formula is C16H8F11I. The van der Waals surface area contributed by atoms with E-state index < -0.39 is 62.6 Å². The Hall–Kier alpha value is -1.34. The Morgan fingerprint density at radius 1 is 0.786 bits per heavy atom. The third-order valence-corrected chi connectivity index (χ3v) is 4.87. The maximum atomic E-state index is 15.1. The predicted octanol–water partition coefficient (Wildman–Crippen LogP) is 7.11. The van der Waals surface area contributed by atoms with Crippen molar-refractivity contribution >= 4 is 22.6 Å². The molecule has 0 aliphatic heterocycles. The number of benzene rings is 1. The second-order valence-corrected chi connectivity index (χ2v) is 7.32. The highest BCUT2D eigenvalue weighted by Crippen LogP contribution is 2.61. The Balaban J connectivity index is 3.07. The zero-order chi connectivity index (χ0) is 21.8. The standard InChI is InChI=1S/C16H8F11I/c17-11-4-2-1-3-10(11)12(14(21,15(22,23)24)16(25,26)27)6-8(13(18,19)20)5-9(28)7-12/h1-4,6-7H,5H2. The number of hydrogen-bond donors (Lipinski definition) is 0. The largest absolute Gasteiger partial charge is 0.433 e. The van der Waals surface area contributed by atoms with Gasteiger partial charge in [0, 0.05) is 17.6 Å². The summed E-state index contributed by atoms with van der Waals surface area (Å²) in [5.41, 5.74) is -13.8. The van der Waals surface area contributed by atoms with E-state index in [0.29, 0.717) is 12.1 Å². The number of hydrogen-bond acceptors (Lipinski definition) is 0. The van der Waals surface area contributed by atoms with Crippen LogP contribution >= 0.6 is 22.6 Å². The molecule has 0 saturated carbocycles. The van der Waals surface area contributed by atoms with Crippen LogP contribution in [0.3, 0.4) is 0 Å². The minimum absolute atomic E-state index is 0.0438. The van der Waals surface area contributed by atoms with Crippen molar-refractivity contribution < 1.29 is 48.3 Å². The third-order valence-electron chi connectivity index (χ3n) is 4.18. The molecule has 2 rings (SSSR count). The van der Waals surface area contributed by atoms with E-state index in [0.717, 1.165) is 34.7 Å². The number of allylic oxidation sites excluding steroid dienone is 4. The first-order valence-corrected chi connectivity index (χ1v) is 8.29. The van der Waals surface area contributed by atoms with Crippen LogP contribution in [0.15, 0.2) is 45.6 Å². The minimum Gasteiger partial charge on any atom is -0.222 e. The van der Waals surface area contributed by atoms with Crippen LogP contribution in [-0.4, -0.2) is 24.2 Å². The third kappa shape index (κ3) is 3.52. The van der Waals surface area contributed by atoms with Gasteiger partial charge in [0.1, 0.15) is 5.82 Å². The normalized spacial score (nSPS) is 22.0. The SMILES string of the molecule is Fc1ccccc1C1(C(F)(C(F)(F)F)C(F)(F)F)C=C(I)CC(C(F)(F)F)=C1. The molecule has 0 amide bonds. The van der Waals surface area contributed by atoms with Gasteiger partial charge in [0.2, 0.25) is 0 Å². The molecule has 1 aromatic rings. The molecule has 0 spiro atoms. The van der Waals surface area contributed by atoms with Gasteiger partial charge in [-0.25, -0.2) is 8.78 Å². The van der Waals surface area contributed by atoms with Crippen molar-refractivity contribution in [1.29, 1.82) is 0 Å². The summed E-state index contributed by atoms with van der Waals surface area (Å²) in [6.45, 7) is 0. The molecule has 0 fully saturated rings. The number of halogens is 12. The van der Waals surface area contributed by atoms with Gasteiger partial charge in [0.25, 0.3) is 0 Å². The molecule has 0 saturated heterocycles. The van der Waals surface area contributed by atoms with Crippen molar-refractivity contribution in [3.05, 3.63) is 57.0 Å². The molecule has 0 aromatic heterocycles. The topological polar surface area (TPSA) is 0 Å². The second-order valence-electron chi connectivity index (χ2n) is 5.94. The molecule has 0 heterocycles. The zero-order valence-corrected chi connectivity index (χ0v) is 15.4. The molecular weight excluding hydrogens is 528 g/mol. The number of rotatable bonds is 2. The van der Waals surface area contributed by atoms with Crippen molar-refractivity contribution in [2.75, 3.05) is 0 Å². The zero-order valence-electron chi connectivity index (χ0n) is 13.2. The van der Waals surface area contributed by atoms with Gasteiger partial charge in [-0.1, -0.05) is 30.4 Å². The second kappa shape index (κ2) is 6.87. The molecule has 0 N–H and O–H groups in total. The van der Waals surface area contributed by atoms with E-state index in [4.69, 9.17) is 0 Å². The summed E-state index contributed by atoms with van der Waals surface area (Å²) < 4.78 is 149. The molecule has 0 nitrogen and oxygen atoms in total. The first kappa shape index (κ1) is 22.9. The lowest BCUT2D eigenvalue weighted by molar-refractivity contribution is -0.354. The van der Waals surface area contributed by atoms with Gasteiger partial charge in [-0.15, -0.1) is 0 Å². The van der Waals surface area contributed by atoms with E-state index in [2.05, 4.69) is 0 Å². The van der Waals surface area contributed by atoms with E-state index in [-0.39, 0.29) is 6.08 Å². The average molecular weight is 536 g/mol. The highest BCUT2D eigenvalue weighted by atomic mass is 127. The molecule has 1 aliphatic rings. The molecule has 12 heteroatoms. The van der Waals surface area contributed by atoms with Crippen LogP contribution in [0.4, 0.5) is 48.3 Å². The molecule has 1 unspecified atom stereocenters. The molecule has 0 radical (unpaired) electrons. The lowest BCUT2D eigenvalue weighted by Gasteiger charge is -2.45. The molecule has 156 valence electrons. The van der Waals surface area contributed by atoms with Gasteiger partial charge in [-0.3, -0.25) is 0 Å². The van der Waals surface area contributed by atoms with Crippen LogP contribution in [0.25, 0.3) is 0 Å². The van der Waals surface area contributed by atoms with E-state index >= 15 is 4.39 Å². The van der Waals surface area contributed by atoms with Gasteiger partial charge in [0.05, 0.1) is 5.41 Å². The molecule has 1 aromatic carbocycles. The Morgan fingerprint density at radius 2 is 1.29 bits per heavy atom. The average Bonchev–Trinajstić information content (AvgIpc) is 2.50. The van der Waals surface area contributed by atoms with Crippen molar-refractivity contribution in [3.63, 3.8) is 0 Å². The lowest BCUT2D eigenvalue weighted by Crippen LogP contribution is -2.65. The van der Waals surface area contributed by atoms with E-state index in [1.54, 1.807) is 0 Å². The van der Waals surface area contributed by atoms with Gasteiger partial charge < -0.3 is 0 Å². The van der Waals surface area contributed by atoms with Crippen molar-refractivity contribution in [2.45, 2.75) is 36.0 Å². The maximum absolute atomic E-state index is 15.1. The van der Waals surface area contributed by atoms with Gasteiger partial charge in [-0.05, 0) is 32.2 Å². The van der Waals surface area contributed by atoms with Crippen LogP contribution in [0.2, 0.25) is 0 Å². The van der Waals surface area contributed by atoms with Crippen LogP contribution < -0.4 is 0 Å². The Bertz CT molecular complexity index is 799. The highest BCUT2D eigenvalue weighted by Gasteiger charge is 2.81. The van der Waals surface area contributed by atoms with Crippen LogP contribution in [-0.2, 0) is 5.41 Å². The molecule has 0 bridgehead atoms. The summed E-state index contributed by atoms with van der Waals surface area (Å²) in [5.74, 6) is -1.72. The lowest BCUT2D eigenvalue weighted by atomic mass is 9.64. The smallest absolute Gasteiger partial charge is 0.222 e. The quantitative estimate of drug-likeness (QED) is 0.215. The fourth-order valence-electron chi connectivity index (χ4n) is 3.00. The molecule has 1 aliphatic carbocycles. The monoisotopic (exact) mass is 536 g/mol. The summed E-state index contributed by atoms with van der Waals surface area (Å²) in [6, 6.07) is 2.50. The van der Waals surface area contributed by atoms with Crippen molar-refractivity contribution in [1.82, 2.24) is 0 Å². The fraction of sp³-hybridized carbons (Fsp3) is 0.375. The highest BCUT2D eigenvalue weighted by molar-refractivity contribution is 14.1. The summed E-state index contributed by atoms with van der Waals surface area (Å²) in [7, 11) is 0. The van der Waals surface area contributed by atoms with E-state index in [9.17, 15) is 43.9 Å². The van der Waals surface area contributed by atoms with Crippen LogP contribution in [0.1, 0.15) is 12.0 Å². The van der Waals surface area contributed by atoms with E-state index in [1.807, 2.05) is 0 Å². The van der Waals surface area contributed by atoms with Crippen molar-refractivity contribution in [2.24, 2.45) is 0 Å². The van der Waals surface area contributed by atoms with Gasteiger partial charge in [0.15, 0.2) is 0 Å². The van der Waals surface area contributed by atoms with Crippen molar-refractivity contribution in [3.8, 4) is 0 Å². The van der Waals surface area contributed by atoms with Crippen LogP contribution in [0, 0.1) is 5.82 Å².